The number of nitrogens with zero attached hydrogens (tertiary/aromatic N) is 2. The maximum atomic E-state index is 14.0. The first kappa shape index (κ1) is 18.4. The highest BCUT2D eigenvalue weighted by atomic mass is 35.5. The van der Waals surface area contributed by atoms with E-state index in [4.69, 9.17) is 11.6 Å². The van der Waals surface area contributed by atoms with E-state index in [1.807, 2.05) is 30.3 Å². The quantitative estimate of drug-likeness (QED) is 0.814. The van der Waals surface area contributed by atoms with Gasteiger partial charge in [0, 0.05) is 31.7 Å². The van der Waals surface area contributed by atoms with Crippen molar-refractivity contribution in [3.8, 4) is 0 Å². The number of amides is 2. The van der Waals surface area contributed by atoms with Crippen LogP contribution in [0.3, 0.4) is 0 Å². The summed E-state index contributed by atoms with van der Waals surface area (Å²) in [4.78, 5) is 28.5. The van der Waals surface area contributed by atoms with Crippen molar-refractivity contribution in [1.82, 2.24) is 4.90 Å². The third-order valence-electron chi connectivity index (χ3n) is 4.78. The maximum absolute atomic E-state index is 14.0. The van der Waals surface area contributed by atoms with Gasteiger partial charge >= 0.3 is 0 Å². The molecule has 3 rings (SSSR count). The Balaban J connectivity index is 1.64. The summed E-state index contributed by atoms with van der Waals surface area (Å²) in [5.41, 5.74) is 0.745. The number of anilines is 1. The summed E-state index contributed by atoms with van der Waals surface area (Å²) in [6.45, 7) is 0.811. The normalized spacial score (nSPS) is 15.0. The van der Waals surface area contributed by atoms with Gasteiger partial charge in [0.2, 0.25) is 5.91 Å². The number of piperidine rings is 1. The second kappa shape index (κ2) is 7.87. The second-order valence-electron chi connectivity index (χ2n) is 6.40. The van der Waals surface area contributed by atoms with Crippen molar-refractivity contribution in [3.63, 3.8) is 0 Å². The van der Waals surface area contributed by atoms with Gasteiger partial charge in [0.25, 0.3) is 5.91 Å². The molecule has 2 amide bonds. The molecule has 1 saturated heterocycles. The highest BCUT2D eigenvalue weighted by Crippen LogP contribution is 2.26. The van der Waals surface area contributed by atoms with Crippen molar-refractivity contribution in [2.75, 3.05) is 25.0 Å². The zero-order valence-electron chi connectivity index (χ0n) is 14.5. The van der Waals surface area contributed by atoms with Crippen molar-refractivity contribution in [2.24, 2.45) is 5.92 Å². The lowest BCUT2D eigenvalue weighted by Crippen LogP contribution is -2.43. The van der Waals surface area contributed by atoms with Crippen molar-refractivity contribution in [2.45, 2.75) is 12.8 Å². The fourth-order valence-corrected chi connectivity index (χ4v) is 3.49. The summed E-state index contributed by atoms with van der Waals surface area (Å²) < 4.78 is 14.0. The van der Waals surface area contributed by atoms with Gasteiger partial charge in [0.15, 0.2) is 0 Å². The molecule has 0 N–H and O–H groups in total. The Labute approximate surface area is 157 Å². The summed E-state index contributed by atoms with van der Waals surface area (Å²) in [6.07, 6.45) is 1.10. The predicted molar refractivity (Wildman–Crippen MR) is 99.9 cm³/mol. The topological polar surface area (TPSA) is 40.6 Å². The summed E-state index contributed by atoms with van der Waals surface area (Å²) in [5, 5.41) is 0.108. The average molecular weight is 375 g/mol. The van der Waals surface area contributed by atoms with E-state index in [9.17, 15) is 14.0 Å². The van der Waals surface area contributed by atoms with E-state index < -0.39 is 11.7 Å². The fraction of sp³-hybridized carbons (Fsp3) is 0.300. The molecular weight excluding hydrogens is 355 g/mol. The van der Waals surface area contributed by atoms with Gasteiger partial charge in [-0.25, -0.2) is 4.39 Å². The molecule has 1 aliphatic heterocycles. The molecule has 0 spiro atoms. The van der Waals surface area contributed by atoms with E-state index in [0.717, 1.165) is 5.69 Å². The summed E-state index contributed by atoms with van der Waals surface area (Å²) >= 11 is 5.98. The second-order valence-corrected chi connectivity index (χ2v) is 6.80. The lowest BCUT2D eigenvalue weighted by molar-refractivity contribution is -0.123. The molecule has 2 aromatic carbocycles. The van der Waals surface area contributed by atoms with Gasteiger partial charge in [-0.3, -0.25) is 9.59 Å². The van der Waals surface area contributed by atoms with E-state index in [0.29, 0.717) is 25.9 Å². The molecule has 0 bridgehead atoms. The number of para-hydroxylation sites is 1. The summed E-state index contributed by atoms with van der Waals surface area (Å²) in [7, 11) is 1.76. The molecule has 1 heterocycles. The van der Waals surface area contributed by atoms with Crippen LogP contribution in [-0.2, 0) is 4.79 Å². The monoisotopic (exact) mass is 374 g/mol. The molecule has 2 aromatic rings. The molecule has 0 saturated carbocycles. The number of hydrogen-bond acceptors (Lipinski definition) is 2. The zero-order valence-corrected chi connectivity index (χ0v) is 15.2. The van der Waals surface area contributed by atoms with Gasteiger partial charge in [-0.15, -0.1) is 0 Å². The van der Waals surface area contributed by atoms with Crippen LogP contribution in [0.1, 0.15) is 23.2 Å². The Morgan fingerprint density at radius 1 is 1.08 bits per heavy atom. The highest BCUT2D eigenvalue weighted by Gasteiger charge is 2.31. The van der Waals surface area contributed by atoms with Crippen molar-refractivity contribution < 1.29 is 14.0 Å². The van der Waals surface area contributed by atoms with Gasteiger partial charge < -0.3 is 9.80 Å². The lowest BCUT2D eigenvalue weighted by Gasteiger charge is -2.33. The Morgan fingerprint density at radius 3 is 2.35 bits per heavy atom. The molecular formula is C20H20ClFN2O2. The van der Waals surface area contributed by atoms with Gasteiger partial charge in [-0.2, -0.15) is 0 Å². The zero-order chi connectivity index (χ0) is 18.7. The van der Waals surface area contributed by atoms with E-state index in [1.165, 1.54) is 18.2 Å². The third kappa shape index (κ3) is 3.73. The van der Waals surface area contributed by atoms with Crippen LogP contribution in [-0.4, -0.2) is 36.9 Å². The minimum absolute atomic E-state index is 0.0345. The van der Waals surface area contributed by atoms with Crippen LogP contribution < -0.4 is 4.90 Å². The van der Waals surface area contributed by atoms with Gasteiger partial charge in [0.1, 0.15) is 5.82 Å². The van der Waals surface area contributed by atoms with Crippen LogP contribution >= 0.6 is 11.6 Å². The number of rotatable bonds is 3. The number of carbonyl (C=O) groups is 2. The Bertz CT molecular complexity index is 784. The van der Waals surface area contributed by atoms with Crippen molar-refractivity contribution in [1.29, 1.82) is 0 Å². The van der Waals surface area contributed by atoms with Gasteiger partial charge in [0.05, 0.1) is 10.6 Å². The Kier molecular flexibility index (Phi) is 5.57. The van der Waals surface area contributed by atoms with Crippen LogP contribution in [0.15, 0.2) is 48.5 Å². The lowest BCUT2D eigenvalue weighted by atomic mass is 9.94. The van der Waals surface area contributed by atoms with E-state index in [-0.39, 0.29) is 22.4 Å². The Morgan fingerprint density at radius 2 is 1.73 bits per heavy atom. The molecule has 0 atom stereocenters. The van der Waals surface area contributed by atoms with E-state index in [2.05, 4.69) is 0 Å². The minimum Gasteiger partial charge on any atom is -0.338 e. The standard InChI is InChI=1S/C20H20ClFN2O2/c1-23(15-6-3-2-4-7-15)19(25)14-10-12-24(13-11-14)20(26)18-16(21)8-5-9-17(18)22/h2-9,14H,10-13H2,1H3. The van der Waals surface area contributed by atoms with Crippen LogP contribution in [0, 0.1) is 11.7 Å². The summed E-state index contributed by atoms with van der Waals surface area (Å²) in [5.74, 6) is -1.16. The number of carbonyl (C=O) groups excluding carboxylic acids is 2. The van der Waals surface area contributed by atoms with E-state index in [1.54, 1.807) is 16.8 Å². The fourth-order valence-electron chi connectivity index (χ4n) is 3.24. The van der Waals surface area contributed by atoms with Crippen LogP contribution in [0.5, 0.6) is 0 Å². The number of likely N-dealkylation sites (tertiary alicyclic amines) is 1. The highest BCUT2D eigenvalue weighted by molar-refractivity contribution is 6.33. The molecule has 0 aliphatic carbocycles. The van der Waals surface area contributed by atoms with Crippen LogP contribution in [0.4, 0.5) is 10.1 Å². The molecule has 0 radical (unpaired) electrons. The SMILES string of the molecule is CN(C(=O)C1CCN(C(=O)c2c(F)cccc2Cl)CC1)c1ccccc1. The first-order valence-electron chi connectivity index (χ1n) is 8.55. The Hall–Kier alpha value is -2.40. The van der Waals surface area contributed by atoms with Crippen molar-refractivity contribution >= 4 is 29.1 Å². The number of halogens is 2. The summed E-state index contributed by atoms with van der Waals surface area (Å²) in [6, 6.07) is 13.6. The number of hydrogen-bond donors (Lipinski definition) is 0. The molecule has 26 heavy (non-hydrogen) atoms. The molecule has 6 heteroatoms. The number of benzene rings is 2. The smallest absolute Gasteiger partial charge is 0.258 e. The average Bonchev–Trinajstić information content (AvgIpc) is 2.67. The predicted octanol–water partition coefficient (Wildman–Crippen LogP) is 3.99. The third-order valence-corrected chi connectivity index (χ3v) is 5.10. The van der Waals surface area contributed by atoms with E-state index >= 15 is 0 Å². The minimum atomic E-state index is -0.621. The van der Waals surface area contributed by atoms with Crippen LogP contribution in [0.25, 0.3) is 0 Å². The molecule has 136 valence electrons. The molecule has 1 aliphatic rings. The molecule has 0 aromatic heterocycles. The molecule has 1 fully saturated rings. The first-order chi connectivity index (χ1) is 12.5. The van der Waals surface area contributed by atoms with Gasteiger partial charge in [-0.1, -0.05) is 35.9 Å². The van der Waals surface area contributed by atoms with Crippen LogP contribution in [0.2, 0.25) is 5.02 Å². The van der Waals surface area contributed by atoms with Crippen molar-refractivity contribution in [3.05, 3.63) is 64.9 Å². The largest absolute Gasteiger partial charge is 0.338 e. The van der Waals surface area contributed by atoms with Gasteiger partial charge in [-0.05, 0) is 37.1 Å². The molecule has 4 nitrogen and oxygen atoms in total. The maximum Gasteiger partial charge on any atom is 0.258 e. The first-order valence-corrected chi connectivity index (χ1v) is 8.92. The molecule has 0 unspecified atom stereocenters.